The molecule has 2 aromatic carbocycles. The number of carbonyl (C=O) groups is 1. The molecule has 5 atom stereocenters. The molecule has 3 saturated carbocycles. The molecule has 0 aliphatic heterocycles. The molecule has 0 spiro atoms. The SMILES string of the molecule is CC(CC1CC2CC1CC2c1ccnc2ccc(F)cc12)c1nc2ccc(C(=O)NC3CCC3)cc2[nH]1. The summed E-state index contributed by atoms with van der Waals surface area (Å²) in [6.07, 6.45) is 10.0. The van der Waals surface area contributed by atoms with E-state index in [1.807, 2.05) is 24.4 Å². The fourth-order valence-electron chi connectivity index (χ4n) is 7.32. The number of aromatic nitrogens is 3. The van der Waals surface area contributed by atoms with Gasteiger partial charge in [-0.2, -0.15) is 0 Å². The van der Waals surface area contributed by atoms with Gasteiger partial charge in [-0.1, -0.05) is 6.92 Å². The van der Waals surface area contributed by atoms with E-state index in [1.165, 1.54) is 37.3 Å². The van der Waals surface area contributed by atoms with Crippen molar-refractivity contribution in [3.8, 4) is 0 Å². The van der Waals surface area contributed by atoms with E-state index >= 15 is 0 Å². The summed E-state index contributed by atoms with van der Waals surface area (Å²) >= 11 is 0. The van der Waals surface area contributed by atoms with Crippen molar-refractivity contribution in [2.75, 3.05) is 0 Å². The van der Waals surface area contributed by atoms with Crippen molar-refractivity contribution >= 4 is 27.8 Å². The van der Waals surface area contributed by atoms with Crippen LogP contribution in [0.15, 0.2) is 48.7 Å². The van der Waals surface area contributed by atoms with Crippen LogP contribution in [0.4, 0.5) is 4.39 Å². The lowest BCUT2D eigenvalue weighted by Crippen LogP contribution is -2.39. The lowest BCUT2D eigenvalue weighted by Gasteiger charge is -2.30. The quantitative estimate of drug-likeness (QED) is 0.306. The topological polar surface area (TPSA) is 70.7 Å². The summed E-state index contributed by atoms with van der Waals surface area (Å²) in [4.78, 5) is 25.4. The number of benzene rings is 2. The number of H-pyrrole nitrogens is 1. The van der Waals surface area contributed by atoms with Gasteiger partial charge in [0.15, 0.2) is 0 Å². The molecule has 0 radical (unpaired) electrons. The molecule has 6 heteroatoms. The summed E-state index contributed by atoms with van der Waals surface area (Å²) in [6.45, 7) is 2.27. The molecule has 3 fully saturated rings. The van der Waals surface area contributed by atoms with Crippen LogP contribution in [0, 0.1) is 23.6 Å². The summed E-state index contributed by atoms with van der Waals surface area (Å²) in [6, 6.07) is 13.2. The Morgan fingerprint density at radius 3 is 2.73 bits per heavy atom. The number of pyridine rings is 1. The Balaban J connectivity index is 1.04. The van der Waals surface area contributed by atoms with Crippen molar-refractivity contribution < 1.29 is 9.18 Å². The van der Waals surface area contributed by atoms with Crippen molar-refractivity contribution in [2.45, 2.75) is 69.7 Å². The zero-order chi connectivity index (χ0) is 25.1. The fraction of sp³-hybridized carbons (Fsp3) is 0.452. The third kappa shape index (κ3) is 4.11. The highest BCUT2D eigenvalue weighted by Crippen LogP contribution is 2.58. The maximum absolute atomic E-state index is 14.0. The molecule has 37 heavy (non-hydrogen) atoms. The number of hydrogen-bond donors (Lipinski definition) is 2. The summed E-state index contributed by atoms with van der Waals surface area (Å²) in [5, 5.41) is 4.10. The van der Waals surface area contributed by atoms with Crippen LogP contribution in [0.25, 0.3) is 21.9 Å². The van der Waals surface area contributed by atoms with E-state index in [9.17, 15) is 9.18 Å². The molecular weight excluding hydrogens is 463 g/mol. The van der Waals surface area contributed by atoms with Gasteiger partial charge in [0.05, 0.1) is 16.6 Å². The monoisotopic (exact) mass is 496 g/mol. The van der Waals surface area contributed by atoms with E-state index in [2.05, 4.69) is 28.3 Å². The van der Waals surface area contributed by atoms with Gasteiger partial charge in [-0.05, 0) is 117 Å². The number of carbonyl (C=O) groups excluding carboxylic acids is 1. The first-order valence-electron chi connectivity index (χ1n) is 13.9. The molecule has 2 bridgehead atoms. The molecule has 0 saturated heterocycles. The second kappa shape index (κ2) is 8.93. The highest BCUT2D eigenvalue weighted by molar-refractivity contribution is 5.97. The molecule has 2 aromatic heterocycles. The highest BCUT2D eigenvalue weighted by Gasteiger charge is 2.46. The Bertz CT molecular complexity index is 1490. The van der Waals surface area contributed by atoms with Crippen molar-refractivity contribution in [1.29, 1.82) is 0 Å². The molecule has 5 unspecified atom stereocenters. The number of hydrogen-bond acceptors (Lipinski definition) is 3. The molecule has 3 aliphatic rings. The summed E-state index contributed by atoms with van der Waals surface area (Å²) in [5.74, 6) is 3.73. The van der Waals surface area contributed by atoms with Crippen molar-refractivity contribution in [3.63, 3.8) is 0 Å². The predicted molar refractivity (Wildman–Crippen MR) is 143 cm³/mol. The normalized spacial score (nSPS) is 26.0. The van der Waals surface area contributed by atoms with Crippen LogP contribution >= 0.6 is 0 Å². The Morgan fingerprint density at radius 2 is 1.95 bits per heavy atom. The van der Waals surface area contributed by atoms with Crippen LogP contribution in [0.1, 0.15) is 85.5 Å². The minimum absolute atomic E-state index is 0.0112. The highest BCUT2D eigenvalue weighted by atomic mass is 19.1. The Hall–Kier alpha value is -3.28. The predicted octanol–water partition coefficient (Wildman–Crippen LogP) is 6.86. The average Bonchev–Trinajstić information content (AvgIpc) is 3.59. The lowest BCUT2D eigenvalue weighted by molar-refractivity contribution is 0.0917. The Morgan fingerprint density at radius 1 is 1.08 bits per heavy atom. The molecule has 4 aromatic rings. The van der Waals surface area contributed by atoms with Crippen LogP contribution in [-0.4, -0.2) is 26.9 Å². The van der Waals surface area contributed by atoms with E-state index in [0.717, 1.165) is 47.0 Å². The van der Waals surface area contributed by atoms with Gasteiger partial charge in [0.1, 0.15) is 11.6 Å². The first-order valence-corrected chi connectivity index (χ1v) is 13.9. The molecule has 5 nitrogen and oxygen atoms in total. The van der Waals surface area contributed by atoms with E-state index in [1.54, 1.807) is 12.1 Å². The van der Waals surface area contributed by atoms with Crippen LogP contribution in [-0.2, 0) is 0 Å². The number of nitrogens with one attached hydrogen (secondary N) is 2. The Labute approximate surface area is 216 Å². The molecular formula is C31H33FN4O. The van der Waals surface area contributed by atoms with Crippen LogP contribution in [0.5, 0.6) is 0 Å². The molecule has 2 N–H and O–H groups in total. The molecule has 190 valence electrons. The van der Waals surface area contributed by atoms with Crippen LogP contribution in [0.3, 0.4) is 0 Å². The van der Waals surface area contributed by atoms with Gasteiger partial charge in [0, 0.05) is 29.1 Å². The fourth-order valence-corrected chi connectivity index (χ4v) is 7.32. The maximum Gasteiger partial charge on any atom is 0.251 e. The molecule has 3 aliphatic carbocycles. The maximum atomic E-state index is 14.0. The second-order valence-corrected chi connectivity index (χ2v) is 11.7. The molecule has 7 rings (SSSR count). The smallest absolute Gasteiger partial charge is 0.251 e. The van der Waals surface area contributed by atoms with Crippen molar-refractivity contribution in [3.05, 3.63) is 71.4 Å². The largest absolute Gasteiger partial charge is 0.349 e. The summed E-state index contributed by atoms with van der Waals surface area (Å²) in [5.41, 5.74) is 4.73. The van der Waals surface area contributed by atoms with Gasteiger partial charge in [-0.25, -0.2) is 9.37 Å². The van der Waals surface area contributed by atoms with E-state index in [0.29, 0.717) is 41.2 Å². The van der Waals surface area contributed by atoms with Gasteiger partial charge in [-0.3, -0.25) is 9.78 Å². The number of halogens is 1. The molecule has 2 heterocycles. The van der Waals surface area contributed by atoms with Gasteiger partial charge in [-0.15, -0.1) is 0 Å². The zero-order valence-electron chi connectivity index (χ0n) is 21.2. The van der Waals surface area contributed by atoms with Crippen molar-refractivity contribution in [1.82, 2.24) is 20.3 Å². The third-order valence-electron chi connectivity index (χ3n) is 9.47. The number of imidazole rings is 1. The first kappa shape index (κ1) is 22.9. The van der Waals surface area contributed by atoms with E-state index in [-0.39, 0.29) is 11.7 Å². The van der Waals surface area contributed by atoms with Crippen LogP contribution in [0.2, 0.25) is 0 Å². The number of fused-ring (bicyclic) bond motifs is 4. The van der Waals surface area contributed by atoms with E-state index in [4.69, 9.17) is 4.98 Å². The third-order valence-corrected chi connectivity index (χ3v) is 9.47. The lowest BCUT2D eigenvalue weighted by atomic mass is 9.75. The first-order chi connectivity index (χ1) is 18.0. The number of nitrogens with zero attached hydrogens (tertiary/aromatic N) is 2. The number of amides is 1. The van der Waals surface area contributed by atoms with E-state index < -0.39 is 0 Å². The van der Waals surface area contributed by atoms with Gasteiger partial charge < -0.3 is 10.3 Å². The van der Waals surface area contributed by atoms with Gasteiger partial charge in [0.25, 0.3) is 5.91 Å². The number of rotatable bonds is 6. The summed E-state index contributed by atoms with van der Waals surface area (Å²) in [7, 11) is 0. The number of aromatic amines is 1. The average molecular weight is 497 g/mol. The van der Waals surface area contributed by atoms with Gasteiger partial charge in [0.2, 0.25) is 0 Å². The minimum atomic E-state index is -0.187. The Kier molecular flexibility index (Phi) is 5.52. The standard InChI is InChI=1S/C31H33FN4O/c1-17(30-35-28-7-5-18(15-29(28)36-30)31(37)34-23-3-2-4-23)11-19-12-21-13-20(19)14-25(21)24-9-10-33-27-8-6-22(32)16-26(24)27/h5-10,15-17,19-21,23,25H,2-4,11-14H2,1H3,(H,34,37)(H,35,36). The van der Waals surface area contributed by atoms with Crippen molar-refractivity contribution in [2.24, 2.45) is 17.8 Å². The molecule has 1 amide bonds. The van der Waals surface area contributed by atoms with Gasteiger partial charge >= 0.3 is 0 Å². The van der Waals surface area contributed by atoms with Crippen LogP contribution < -0.4 is 5.32 Å². The summed E-state index contributed by atoms with van der Waals surface area (Å²) < 4.78 is 14.0. The second-order valence-electron chi connectivity index (χ2n) is 11.7. The minimum Gasteiger partial charge on any atom is -0.349 e. The zero-order valence-corrected chi connectivity index (χ0v) is 21.2.